The Balaban J connectivity index is 2.73. The van der Waals surface area contributed by atoms with Gasteiger partial charge in [-0.05, 0) is 30.0 Å². The molecule has 0 saturated carbocycles. The maximum Gasteiger partial charge on any atom is 0.320 e. The molecule has 0 aliphatic carbocycles. The normalized spacial score (nSPS) is 12.4. The topological polar surface area (TPSA) is 92.4 Å². The Morgan fingerprint density at radius 2 is 2.05 bits per heavy atom. The molecule has 4 N–H and O–H groups in total. The van der Waals surface area contributed by atoms with Gasteiger partial charge in [0.05, 0.1) is 0 Å². The first-order chi connectivity index (χ1) is 9.31. The van der Waals surface area contributed by atoms with Gasteiger partial charge >= 0.3 is 5.97 Å². The van der Waals surface area contributed by atoms with Crippen molar-refractivity contribution in [3.8, 4) is 0 Å². The molecule has 0 fully saturated rings. The molecule has 0 heterocycles. The molecule has 0 radical (unpaired) electrons. The van der Waals surface area contributed by atoms with Crippen molar-refractivity contribution in [3.05, 3.63) is 34.3 Å². The van der Waals surface area contributed by atoms with Crippen LogP contribution in [0.1, 0.15) is 36.2 Å². The van der Waals surface area contributed by atoms with Crippen molar-refractivity contribution < 1.29 is 14.7 Å². The molecule has 1 amide bonds. The number of nitrogens with one attached hydrogen (secondary N) is 1. The fourth-order valence-corrected chi connectivity index (χ4v) is 2.07. The lowest BCUT2D eigenvalue weighted by Gasteiger charge is -2.17. The number of halogens is 1. The minimum Gasteiger partial charge on any atom is -0.480 e. The molecule has 1 unspecified atom stereocenters. The van der Waals surface area contributed by atoms with Crippen molar-refractivity contribution in [1.29, 1.82) is 0 Å². The Morgan fingerprint density at radius 1 is 1.40 bits per heavy atom. The number of primary amides is 1. The lowest BCUT2D eigenvalue weighted by atomic mass is 10.0. The number of carbonyl (C=O) groups is 2. The number of hydrogen-bond donors (Lipinski definition) is 3. The van der Waals surface area contributed by atoms with E-state index in [9.17, 15) is 9.59 Å². The Bertz CT molecular complexity index is 503. The molecule has 0 bridgehead atoms. The van der Waals surface area contributed by atoms with Gasteiger partial charge in [0.15, 0.2) is 0 Å². The number of hydrogen-bond acceptors (Lipinski definition) is 3. The van der Waals surface area contributed by atoms with Crippen LogP contribution in [0.5, 0.6) is 0 Å². The molecule has 1 aromatic rings. The van der Waals surface area contributed by atoms with E-state index >= 15 is 0 Å². The smallest absolute Gasteiger partial charge is 0.320 e. The van der Waals surface area contributed by atoms with E-state index < -0.39 is 17.9 Å². The van der Waals surface area contributed by atoms with E-state index in [0.29, 0.717) is 23.6 Å². The summed E-state index contributed by atoms with van der Waals surface area (Å²) in [5.74, 6) is -1.16. The monoisotopic (exact) mass is 298 g/mol. The first-order valence-electron chi connectivity index (χ1n) is 6.35. The van der Waals surface area contributed by atoms with E-state index in [1.165, 1.54) is 6.07 Å². The maximum atomic E-state index is 11.1. The van der Waals surface area contributed by atoms with Crippen LogP contribution in [0.2, 0.25) is 5.02 Å². The molecule has 1 aromatic carbocycles. The van der Waals surface area contributed by atoms with Gasteiger partial charge < -0.3 is 16.2 Å². The highest BCUT2D eigenvalue weighted by molar-refractivity contribution is 6.31. The van der Waals surface area contributed by atoms with Crippen LogP contribution in [-0.2, 0) is 11.3 Å². The summed E-state index contributed by atoms with van der Waals surface area (Å²) in [6, 6.07) is 4.11. The van der Waals surface area contributed by atoms with Crippen LogP contribution in [-0.4, -0.2) is 23.0 Å². The maximum absolute atomic E-state index is 11.1. The van der Waals surface area contributed by atoms with Crippen molar-refractivity contribution in [2.75, 3.05) is 0 Å². The zero-order valence-electron chi connectivity index (χ0n) is 11.5. The molecule has 1 atom stereocenters. The Hall–Kier alpha value is -1.59. The van der Waals surface area contributed by atoms with Crippen LogP contribution < -0.4 is 11.1 Å². The zero-order valence-corrected chi connectivity index (χ0v) is 12.3. The lowest BCUT2D eigenvalue weighted by Crippen LogP contribution is -2.37. The number of carboxylic acids is 1. The second-order valence-electron chi connectivity index (χ2n) is 5.07. The third-order valence-electron chi connectivity index (χ3n) is 2.88. The quantitative estimate of drug-likeness (QED) is 0.718. The zero-order chi connectivity index (χ0) is 15.3. The number of carboxylic acid groups (broad SMARTS) is 1. The lowest BCUT2D eigenvalue weighted by molar-refractivity contribution is -0.140. The van der Waals surface area contributed by atoms with Gasteiger partial charge in [-0.1, -0.05) is 31.5 Å². The molecular formula is C14H19ClN2O3. The second kappa shape index (κ2) is 7.26. The SMILES string of the molecule is CC(C)CC(NCc1ccc(C(N)=O)cc1Cl)C(=O)O. The predicted molar refractivity (Wildman–Crippen MR) is 77.7 cm³/mol. The van der Waals surface area contributed by atoms with Crippen LogP contribution in [0, 0.1) is 5.92 Å². The average molecular weight is 299 g/mol. The third kappa shape index (κ3) is 4.83. The molecule has 0 spiro atoms. The summed E-state index contributed by atoms with van der Waals surface area (Å²) in [5, 5.41) is 12.5. The third-order valence-corrected chi connectivity index (χ3v) is 3.23. The number of benzene rings is 1. The van der Waals surface area contributed by atoms with Crippen LogP contribution in [0.3, 0.4) is 0 Å². The summed E-state index contributed by atoms with van der Waals surface area (Å²) >= 11 is 6.05. The Morgan fingerprint density at radius 3 is 2.50 bits per heavy atom. The first-order valence-corrected chi connectivity index (χ1v) is 6.73. The molecule has 0 aromatic heterocycles. The highest BCUT2D eigenvalue weighted by Gasteiger charge is 2.18. The van der Waals surface area contributed by atoms with Gasteiger partial charge in [-0.2, -0.15) is 0 Å². The standard InChI is InChI=1S/C14H19ClN2O3/c1-8(2)5-12(14(19)20)17-7-10-4-3-9(13(16)18)6-11(10)15/h3-4,6,8,12,17H,5,7H2,1-2H3,(H2,16,18)(H,19,20). The molecule has 6 heteroatoms. The number of rotatable bonds is 7. The number of aliphatic carboxylic acids is 1. The van der Waals surface area contributed by atoms with E-state index in [1.54, 1.807) is 12.1 Å². The van der Waals surface area contributed by atoms with Crippen LogP contribution in [0.25, 0.3) is 0 Å². The molecule has 110 valence electrons. The first kappa shape index (κ1) is 16.5. The number of amides is 1. The van der Waals surface area contributed by atoms with Crippen molar-refractivity contribution in [2.24, 2.45) is 11.7 Å². The van der Waals surface area contributed by atoms with Crippen LogP contribution in [0.15, 0.2) is 18.2 Å². The van der Waals surface area contributed by atoms with Crippen molar-refractivity contribution in [3.63, 3.8) is 0 Å². The van der Waals surface area contributed by atoms with Crippen LogP contribution in [0.4, 0.5) is 0 Å². The van der Waals surface area contributed by atoms with E-state index in [4.69, 9.17) is 22.4 Å². The molecule has 5 nitrogen and oxygen atoms in total. The summed E-state index contributed by atoms with van der Waals surface area (Å²) in [4.78, 5) is 22.1. The highest BCUT2D eigenvalue weighted by atomic mass is 35.5. The Labute approximate surface area is 123 Å². The predicted octanol–water partition coefficient (Wildman–Crippen LogP) is 2.03. The molecule has 0 aliphatic rings. The van der Waals surface area contributed by atoms with E-state index in [1.807, 2.05) is 13.8 Å². The van der Waals surface area contributed by atoms with Gasteiger partial charge in [0.2, 0.25) is 5.91 Å². The van der Waals surface area contributed by atoms with Crippen molar-refractivity contribution in [2.45, 2.75) is 32.9 Å². The summed E-state index contributed by atoms with van der Waals surface area (Å²) in [6.45, 7) is 4.25. The van der Waals surface area contributed by atoms with E-state index in [0.717, 1.165) is 5.56 Å². The molecule has 1 rings (SSSR count). The summed E-state index contributed by atoms with van der Waals surface area (Å²) in [6.07, 6.45) is 0.534. The van der Waals surface area contributed by atoms with Crippen LogP contribution >= 0.6 is 11.6 Å². The van der Waals surface area contributed by atoms with Gasteiger partial charge in [0.1, 0.15) is 6.04 Å². The van der Waals surface area contributed by atoms with Gasteiger partial charge in [-0.3, -0.25) is 9.59 Å². The number of carbonyl (C=O) groups excluding carboxylic acids is 1. The van der Waals surface area contributed by atoms with E-state index in [2.05, 4.69) is 5.32 Å². The van der Waals surface area contributed by atoms with Crippen molar-refractivity contribution >= 4 is 23.5 Å². The highest BCUT2D eigenvalue weighted by Crippen LogP contribution is 2.18. The molecule has 0 aliphatic heterocycles. The summed E-state index contributed by atoms with van der Waals surface area (Å²) in [7, 11) is 0. The molecule has 20 heavy (non-hydrogen) atoms. The summed E-state index contributed by atoms with van der Waals surface area (Å²) in [5.41, 5.74) is 6.22. The summed E-state index contributed by atoms with van der Waals surface area (Å²) < 4.78 is 0. The number of nitrogens with two attached hydrogens (primary N) is 1. The van der Waals surface area contributed by atoms with E-state index in [-0.39, 0.29) is 5.92 Å². The molecule has 0 saturated heterocycles. The fourth-order valence-electron chi connectivity index (χ4n) is 1.82. The largest absolute Gasteiger partial charge is 0.480 e. The minimum atomic E-state index is -0.886. The van der Waals surface area contributed by atoms with Gasteiger partial charge in [-0.25, -0.2) is 0 Å². The molecular weight excluding hydrogens is 280 g/mol. The Kier molecular flexibility index (Phi) is 5.98. The van der Waals surface area contributed by atoms with Gasteiger partial charge in [-0.15, -0.1) is 0 Å². The minimum absolute atomic E-state index is 0.274. The average Bonchev–Trinajstić information content (AvgIpc) is 2.34. The van der Waals surface area contributed by atoms with Crippen molar-refractivity contribution in [1.82, 2.24) is 5.32 Å². The van der Waals surface area contributed by atoms with Gasteiger partial charge in [0, 0.05) is 17.1 Å². The second-order valence-corrected chi connectivity index (χ2v) is 5.48. The van der Waals surface area contributed by atoms with Gasteiger partial charge in [0.25, 0.3) is 0 Å². The fraction of sp³-hybridized carbons (Fsp3) is 0.429.